The number of thioether (sulfide) groups is 1. The molecule has 102 valence electrons. The van der Waals surface area contributed by atoms with Crippen molar-refractivity contribution in [3.8, 4) is 0 Å². The van der Waals surface area contributed by atoms with Gasteiger partial charge >= 0.3 is 0 Å². The first-order valence-corrected chi connectivity index (χ1v) is 8.19. The molecule has 18 heavy (non-hydrogen) atoms. The van der Waals surface area contributed by atoms with Gasteiger partial charge in [-0.3, -0.25) is 0 Å². The van der Waals surface area contributed by atoms with Gasteiger partial charge in [0, 0.05) is 16.0 Å². The first-order valence-electron chi connectivity index (χ1n) is 6.44. The van der Waals surface area contributed by atoms with Gasteiger partial charge in [0.25, 0.3) is 0 Å². The Labute approximate surface area is 125 Å². The summed E-state index contributed by atoms with van der Waals surface area (Å²) in [6.07, 6.45) is 3.58. The van der Waals surface area contributed by atoms with Gasteiger partial charge in [0.15, 0.2) is 0 Å². The number of hydrogen-bond acceptors (Lipinski definition) is 2. The molecule has 4 heteroatoms. The highest BCUT2D eigenvalue weighted by molar-refractivity contribution is 7.99. The normalized spacial score (nSPS) is 12.7. The standard InChI is InChI=1S/C14H21Cl2NS/c1-3-8-17-11(2)5-4-9-18-14-10-12(15)6-7-13(14)16/h6-7,10-11,17H,3-5,8-9H2,1-2H3. The van der Waals surface area contributed by atoms with Crippen LogP contribution in [0.2, 0.25) is 10.0 Å². The Morgan fingerprint density at radius 1 is 1.33 bits per heavy atom. The van der Waals surface area contributed by atoms with Crippen molar-refractivity contribution in [2.24, 2.45) is 0 Å². The fourth-order valence-electron chi connectivity index (χ4n) is 1.65. The van der Waals surface area contributed by atoms with Gasteiger partial charge in [0.2, 0.25) is 0 Å². The quantitative estimate of drug-likeness (QED) is 0.520. The molecule has 1 nitrogen and oxygen atoms in total. The predicted octanol–water partition coefficient (Wildman–Crippen LogP) is 5.25. The van der Waals surface area contributed by atoms with Crippen LogP contribution in [0.1, 0.15) is 33.1 Å². The Kier molecular flexibility index (Phi) is 8.16. The van der Waals surface area contributed by atoms with Gasteiger partial charge in [0.1, 0.15) is 0 Å². The molecular weight excluding hydrogens is 285 g/mol. The Bertz CT molecular complexity index is 358. The zero-order chi connectivity index (χ0) is 13.4. The third kappa shape index (κ3) is 6.33. The maximum atomic E-state index is 6.11. The molecule has 0 aliphatic carbocycles. The SMILES string of the molecule is CCCNC(C)CCCSc1cc(Cl)ccc1Cl. The van der Waals surface area contributed by atoms with Crippen molar-refractivity contribution in [3.63, 3.8) is 0 Å². The van der Waals surface area contributed by atoms with Gasteiger partial charge in [-0.2, -0.15) is 0 Å². The zero-order valence-corrected chi connectivity index (χ0v) is 13.3. The second-order valence-electron chi connectivity index (χ2n) is 4.42. The summed E-state index contributed by atoms with van der Waals surface area (Å²) in [5.74, 6) is 1.08. The predicted molar refractivity (Wildman–Crippen MR) is 84.2 cm³/mol. The van der Waals surface area contributed by atoms with Gasteiger partial charge in [-0.05, 0) is 56.7 Å². The Morgan fingerprint density at radius 2 is 2.11 bits per heavy atom. The molecule has 1 rings (SSSR count). The third-order valence-electron chi connectivity index (χ3n) is 2.68. The third-order valence-corrected chi connectivity index (χ3v) is 4.49. The minimum Gasteiger partial charge on any atom is -0.314 e. The molecule has 0 aliphatic rings. The maximum absolute atomic E-state index is 6.11. The van der Waals surface area contributed by atoms with Crippen LogP contribution in [0.4, 0.5) is 0 Å². The average molecular weight is 306 g/mol. The number of halogens is 2. The van der Waals surface area contributed by atoms with Crippen molar-refractivity contribution >= 4 is 35.0 Å². The van der Waals surface area contributed by atoms with Crippen molar-refractivity contribution in [3.05, 3.63) is 28.2 Å². The summed E-state index contributed by atoms with van der Waals surface area (Å²) in [6.45, 7) is 5.54. The summed E-state index contributed by atoms with van der Waals surface area (Å²) in [5, 5.41) is 5.04. The molecule has 0 spiro atoms. The summed E-state index contributed by atoms with van der Waals surface area (Å²) in [7, 11) is 0. The van der Waals surface area contributed by atoms with Crippen molar-refractivity contribution in [1.29, 1.82) is 0 Å². The number of nitrogens with one attached hydrogen (secondary N) is 1. The average Bonchev–Trinajstić information content (AvgIpc) is 2.36. The summed E-state index contributed by atoms with van der Waals surface area (Å²) in [5.41, 5.74) is 0. The number of hydrogen-bond donors (Lipinski definition) is 1. The monoisotopic (exact) mass is 305 g/mol. The fraction of sp³-hybridized carbons (Fsp3) is 0.571. The molecule has 0 fully saturated rings. The molecule has 1 N–H and O–H groups in total. The van der Waals surface area contributed by atoms with E-state index in [4.69, 9.17) is 23.2 Å². The van der Waals surface area contributed by atoms with E-state index in [9.17, 15) is 0 Å². The molecule has 0 radical (unpaired) electrons. The summed E-state index contributed by atoms with van der Waals surface area (Å²) in [6, 6.07) is 6.22. The van der Waals surface area contributed by atoms with E-state index in [0.29, 0.717) is 6.04 Å². The van der Waals surface area contributed by atoms with E-state index in [0.717, 1.165) is 27.2 Å². The highest BCUT2D eigenvalue weighted by Crippen LogP contribution is 2.30. The molecule has 1 unspecified atom stereocenters. The van der Waals surface area contributed by atoms with E-state index >= 15 is 0 Å². The van der Waals surface area contributed by atoms with E-state index in [-0.39, 0.29) is 0 Å². The number of rotatable bonds is 8. The lowest BCUT2D eigenvalue weighted by Crippen LogP contribution is -2.26. The second-order valence-corrected chi connectivity index (χ2v) is 6.40. The van der Waals surface area contributed by atoms with Gasteiger partial charge in [-0.1, -0.05) is 30.1 Å². The van der Waals surface area contributed by atoms with Crippen LogP contribution in [0.15, 0.2) is 23.1 Å². The lowest BCUT2D eigenvalue weighted by Gasteiger charge is -2.12. The molecule has 0 heterocycles. The Balaban J connectivity index is 2.23. The van der Waals surface area contributed by atoms with Crippen LogP contribution >= 0.6 is 35.0 Å². The molecule has 0 bridgehead atoms. The molecule has 1 atom stereocenters. The summed E-state index contributed by atoms with van der Waals surface area (Å²) >= 11 is 13.9. The van der Waals surface area contributed by atoms with Crippen LogP contribution in [0.3, 0.4) is 0 Å². The van der Waals surface area contributed by atoms with Crippen molar-refractivity contribution < 1.29 is 0 Å². The van der Waals surface area contributed by atoms with Crippen LogP contribution in [-0.2, 0) is 0 Å². The Morgan fingerprint density at radius 3 is 2.83 bits per heavy atom. The molecule has 0 saturated carbocycles. The summed E-state index contributed by atoms with van der Waals surface area (Å²) < 4.78 is 0. The Hall–Kier alpha value is 0.110. The van der Waals surface area contributed by atoms with Gasteiger partial charge < -0.3 is 5.32 Å². The lowest BCUT2D eigenvalue weighted by molar-refractivity contribution is 0.510. The minimum absolute atomic E-state index is 0.598. The van der Waals surface area contributed by atoms with Crippen molar-refractivity contribution in [1.82, 2.24) is 5.32 Å². The minimum atomic E-state index is 0.598. The van der Waals surface area contributed by atoms with Crippen LogP contribution in [0, 0.1) is 0 Å². The summed E-state index contributed by atoms with van der Waals surface area (Å²) in [4.78, 5) is 1.08. The first-order chi connectivity index (χ1) is 8.63. The van der Waals surface area contributed by atoms with Crippen molar-refractivity contribution in [2.45, 2.75) is 44.0 Å². The highest BCUT2D eigenvalue weighted by atomic mass is 35.5. The van der Waals surface area contributed by atoms with Gasteiger partial charge in [0.05, 0.1) is 5.02 Å². The second kappa shape index (κ2) is 9.08. The van der Waals surface area contributed by atoms with E-state index in [1.807, 2.05) is 18.2 Å². The van der Waals surface area contributed by atoms with Crippen LogP contribution in [0.5, 0.6) is 0 Å². The van der Waals surface area contributed by atoms with Gasteiger partial charge in [-0.25, -0.2) is 0 Å². The first kappa shape index (κ1) is 16.2. The molecule has 0 saturated heterocycles. The molecular formula is C14H21Cl2NS. The van der Waals surface area contributed by atoms with Crippen LogP contribution in [0.25, 0.3) is 0 Å². The van der Waals surface area contributed by atoms with Crippen LogP contribution < -0.4 is 5.32 Å². The zero-order valence-electron chi connectivity index (χ0n) is 11.0. The molecule has 0 aliphatic heterocycles. The maximum Gasteiger partial charge on any atom is 0.0542 e. The fourth-order valence-corrected chi connectivity index (χ4v) is 3.12. The highest BCUT2D eigenvalue weighted by Gasteiger charge is 2.04. The molecule has 1 aromatic carbocycles. The van der Waals surface area contributed by atoms with E-state index in [1.165, 1.54) is 19.3 Å². The van der Waals surface area contributed by atoms with E-state index in [2.05, 4.69) is 19.2 Å². The van der Waals surface area contributed by atoms with Gasteiger partial charge in [-0.15, -0.1) is 11.8 Å². The topological polar surface area (TPSA) is 12.0 Å². The number of benzene rings is 1. The molecule has 0 amide bonds. The largest absolute Gasteiger partial charge is 0.314 e. The van der Waals surface area contributed by atoms with Crippen molar-refractivity contribution in [2.75, 3.05) is 12.3 Å². The van der Waals surface area contributed by atoms with E-state index < -0.39 is 0 Å². The molecule has 1 aromatic rings. The smallest absolute Gasteiger partial charge is 0.0542 e. The van der Waals surface area contributed by atoms with Crippen LogP contribution in [-0.4, -0.2) is 18.3 Å². The lowest BCUT2D eigenvalue weighted by atomic mass is 10.2. The van der Waals surface area contributed by atoms with E-state index in [1.54, 1.807) is 11.8 Å². The molecule has 0 aromatic heterocycles.